The molecule has 4 amide bonds. The molecular weight excluding hydrogens is 342 g/mol. The third-order valence-electron chi connectivity index (χ3n) is 4.70. The van der Waals surface area contributed by atoms with Gasteiger partial charge in [0.1, 0.15) is 6.04 Å². The standard InChI is InChI=1S/C21H23N3O3/c1-3-4-14-24(19(25)15-10-6-5-7-11-15)21(27)22-18-16-12-8-9-13-17(16)23(2)20(18)26/h5-13,18H,3-4,14H2,1-2H3,(H,22,27). The molecule has 0 spiro atoms. The minimum Gasteiger partial charge on any atom is -0.322 e. The summed E-state index contributed by atoms with van der Waals surface area (Å²) in [5.74, 6) is -0.583. The maximum atomic E-state index is 12.9. The zero-order valence-corrected chi connectivity index (χ0v) is 15.5. The average molecular weight is 365 g/mol. The fourth-order valence-corrected chi connectivity index (χ4v) is 3.17. The van der Waals surface area contributed by atoms with Gasteiger partial charge in [0.25, 0.3) is 11.8 Å². The summed E-state index contributed by atoms with van der Waals surface area (Å²) in [6, 6.07) is 14.7. The number of nitrogens with one attached hydrogen (secondary N) is 1. The Kier molecular flexibility index (Phi) is 5.54. The van der Waals surface area contributed by atoms with E-state index < -0.39 is 12.1 Å². The van der Waals surface area contributed by atoms with E-state index in [4.69, 9.17) is 0 Å². The Morgan fingerprint density at radius 2 is 1.74 bits per heavy atom. The van der Waals surface area contributed by atoms with Crippen molar-refractivity contribution in [3.8, 4) is 0 Å². The van der Waals surface area contributed by atoms with Gasteiger partial charge in [-0.2, -0.15) is 0 Å². The Balaban J connectivity index is 1.83. The van der Waals surface area contributed by atoms with Crippen molar-refractivity contribution in [3.05, 3.63) is 65.7 Å². The van der Waals surface area contributed by atoms with Crippen molar-refractivity contribution in [2.24, 2.45) is 0 Å². The summed E-state index contributed by atoms with van der Waals surface area (Å²) in [4.78, 5) is 41.0. The van der Waals surface area contributed by atoms with Crippen LogP contribution >= 0.6 is 0 Å². The Labute approximate surface area is 158 Å². The van der Waals surface area contributed by atoms with E-state index in [9.17, 15) is 14.4 Å². The van der Waals surface area contributed by atoms with Crippen LogP contribution in [0.3, 0.4) is 0 Å². The Hall–Kier alpha value is -3.15. The summed E-state index contributed by atoms with van der Waals surface area (Å²) in [5, 5.41) is 2.75. The molecule has 0 aromatic heterocycles. The molecule has 2 aromatic rings. The smallest absolute Gasteiger partial charge is 0.322 e. The van der Waals surface area contributed by atoms with Gasteiger partial charge in [-0.05, 0) is 24.6 Å². The van der Waals surface area contributed by atoms with Crippen LogP contribution in [0.1, 0.15) is 41.7 Å². The van der Waals surface area contributed by atoms with Gasteiger partial charge in [0, 0.05) is 30.4 Å². The average Bonchev–Trinajstić information content (AvgIpc) is 2.94. The molecule has 0 radical (unpaired) electrons. The van der Waals surface area contributed by atoms with Gasteiger partial charge in [-0.25, -0.2) is 4.79 Å². The predicted octanol–water partition coefficient (Wildman–Crippen LogP) is 3.36. The van der Waals surface area contributed by atoms with Crippen molar-refractivity contribution >= 4 is 23.5 Å². The molecule has 1 aliphatic rings. The van der Waals surface area contributed by atoms with Crippen LogP contribution in [-0.2, 0) is 4.79 Å². The summed E-state index contributed by atoms with van der Waals surface area (Å²) in [6.45, 7) is 2.29. The van der Waals surface area contributed by atoms with Crippen molar-refractivity contribution in [1.82, 2.24) is 10.2 Å². The molecule has 27 heavy (non-hydrogen) atoms. The van der Waals surface area contributed by atoms with E-state index in [1.165, 1.54) is 9.80 Å². The number of imide groups is 1. The van der Waals surface area contributed by atoms with Gasteiger partial charge in [0.05, 0.1) is 0 Å². The fourth-order valence-electron chi connectivity index (χ4n) is 3.17. The number of carbonyl (C=O) groups excluding carboxylic acids is 3. The van der Waals surface area contributed by atoms with E-state index in [0.29, 0.717) is 18.5 Å². The summed E-state index contributed by atoms with van der Waals surface area (Å²) < 4.78 is 0. The number of urea groups is 1. The molecule has 0 saturated carbocycles. The molecule has 3 rings (SSSR count). The summed E-state index contributed by atoms with van der Waals surface area (Å²) in [6.07, 6.45) is 1.54. The van der Waals surface area contributed by atoms with E-state index in [1.54, 1.807) is 31.3 Å². The van der Waals surface area contributed by atoms with Crippen LogP contribution in [0.25, 0.3) is 0 Å². The van der Waals surface area contributed by atoms with Crippen LogP contribution in [0, 0.1) is 0 Å². The van der Waals surface area contributed by atoms with Crippen LogP contribution in [-0.4, -0.2) is 36.3 Å². The Morgan fingerprint density at radius 3 is 2.44 bits per heavy atom. The lowest BCUT2D eigenvalue weighted by Gasteiger charge is -2.23. The van der Waals surface area contributed by atoms with Crippen LogP contribution < -0.4 is 10.2 Å². The highest BCUT2D eigenvalue weighted by atomic mass is 16.2. The number of rotatable bonds is 5. The van der Waals surface area contributed by atoms with Gasteiger partial charge in [0.15, 0.2) is 0 Å². The maximum Gasteiger partial charge on any atom is 0.325 e. The number of amides is 4. The van der Waals surface area contributed by atoms with Crippen molar-refractivity contribution < 1.29 is 14.4 Å². The number of hydrogen-bond acceptors (Lipinski definition) is 3. The molecule has 0 bridgehead atoms. The topological polar surface area (TPSA) is 69.7 Å². The molecule has 1 atom stereocenters. The molecule has 1 unspecified atom stereocenters. The third-order valence-corrected chi connectivity index (χ3v) is 4.70. The largest absolute Gasteiger partial charge is 0.325 e. The molecule has 0 fully saturated rings. The molecule has 6 nitrogen and oxygen atoms in total. The fraction of sp³-hybridized carbons (Fsp3) is 0.286. The van der Waals surface area contributed by atoms with E-state index in [0.717, 1.165) is 17.7 Å². The molecule has 6 heteroatoms. The number of fused-ring (bicyclic) bond motifs is 1. The summed E-state index contributed by atoms with van der Waals surface area (Å²) in [5.41, 5.74) is 1.95. The first-order chi connectivity index (χ1) is 13.0. The number of carbonyl (C=O) groups is 3. The molecule has 140 valence electrons. The monoisotopic (exact) mass is 365 g/mol. The zero-order chi connectivity index (χ0) is 19.4. The second-order valence-corrected chi connectivity index (χ2v) is 6.51. The van der Waals surface area contributed by atoms with Crippen LogP contribution in [0.2, 0.25) is 0 Å². The maximum absolute atomic E-state index is 12.9. The second kappa shape index (κ2) is 8.03. The van der Waals surface area contributed by atoms with Gasteiger partial charge in [-0.15, -0.1) is 0 Å². The molecular formula is C21H23N3O3. The molecule has 1 N–H and O–H groups in total. The van der Waals surface area contributed by atoms with Gasteiger partial charge in [-0.3, -0.25) is 14.5 Å². The second-order valence-electron chi connectivity index (χ2n) is 6.51. The Bertz CT molecular complexity index is 851. The highest BCUT2D eigenvalue weighted by Crippen LogP contribution is 2.34. The van der Waals surface area contributed by atoms with E-state index >= 15 is 0 Å². The first kappa shape index (κ1) is 18.6. The van der Waals surface area contributed by atoms with Crippen LogP contribution in [0.15, 0.2) is 54.6 Å². The van der Waals surface area contributed by atoms with Gasteiger partial charge in [-0.1, -0.05) is 49.7 Å². The number of likely N-dealkylation sites (N-methyl/N-ethyl adjacent to an activating group) is 1. The van der Waals surface area contributed by atoms with Crippen molar-refractivity contribution in [2.75, 3.05) is 18.5 Å². The van der Waals surface area contributed by atoms with Crippen molar-refractivity contribution in [2.45, 2.75) is 25.8 Å². The van der Waals surface area contributed by atoms with E-state index in [1.807, 2.05) is 37.3 Å². The quantitative estimate of drug-likeness (QED) is 0.883. The predicted molar refractivity (Wildman–Crippen MR) is 104 cm³/mol. The highest BCUT2D eigenvalue weighted by molar-refractivity contribution is 6.08. The lowest BCUT2D eigenvalue weighted by atomic mass is 10.1. The highest BCUT2D eigenvalue weighted by Gasteiger charge is 2.37. The number of unbranched alkanes of at least 4 members (excludes halogenated alkanes) is 1. The van der Waals surface area contributed by atoms with Gasteiger partial charge >= 0.3 is 6.03 Å². The SMILES string of the molecule is CCCCN(C(=O)NC1C(=O)N(C)c2ccccc21)C(=O)c1ccccc1. The zero-order valence-electron chi connectivity index (χ0n) is 15.5. The molecule has 0 saturated heterocycles. The molecule has 2 aromatic carbocycles. The van der Waals surface area contributed by atoms with Crippen LogP contribution in [0.5, 0.6) is 0 Å². The summed E-state index contributed by atoms with van der Waals surface area (Å²) in [7, 11) is 1.68. The lowest BCUT2D eigenvalue weighted by molar-refractivity contribution is -0.119. The normalized spacial score (nSPS) is 15.4. The third kappa shape index (κ3) is 3.69. The Morgan fingerprint density at radius 1 is 1.07 bits per heavy atom. The number of anilines is 1. The molecule has 1 heterocycles. The molecule has 1 aliphatic heterocycles. The van der Waals surface area contributed by atoms with Crippen molar-refractivity contribution in [3.63, 3.8) is 0 Å². The van der Waals surface area contributed by atoms with Gasteiger partial charge < -0.3 is 10.2 Å². The molecule has 0 aliphatic carbocycles. The number of nitrogens with zero attached hydrogens (tertiary/aromatic N) is 2. The lowest BCUT2D eigenvalue weighted by Crippen LogP contribution is -2.47. The van der Waals surface area contributed by atoms with Crippen molar-refractivity contribution in [1.29, 1.82) is 0 Å². The number of hydrogen-bond donors (Lipinski definition) is 1. The number of para-hydroxylation sites is 1. The first-order valence-electron chi connectivity index (χ1n) is 9.08. The summed E-state index contributed by atoms with van der Waals surface area (Å²) >= 11 is 0. The first-order valence-corrected chi connectivity index (χ1v) is 9.08. The number of benzene rings is 2. The van der Waals surface area contributed by atoms with Crippen LogP contribution in [0.4, 0.5) is 10.5 Å². The minimum absolute atomic E-state index is 0.216. The van der Waals surface area contributed by atoms with E-state index in [-0.39, 0.29) is 11.8 Å². The minimum atomic E-state index is -0.786. The van der Waals surface area contributed by atoms with E-state index in [2.05, 4.69) is 5.32 Å². The van der Waals surface area contributed by atoms with Gasteiger partial charge in [0.2, 0.25) is 0 Å².